The van der Waals surface area contributed by atoms with Crippen LogP contribution in [0.4, 0.5) is 5.69 Å². The van der Waals surface area contributed by atoms with Crippen LogP contribution in [0.2, 0.25) is 0 Å². The number of phenolic OH excluding ortho intramolecular Hbond substituents is 1. The number of methoxy groups -OCH3 is 1. The van der Waals surface area contributed by atoms with Crippen molar-refractivity contribution < 1.29 is 19.4 Å². The summed E-state index contributed by atoms with van der Waals surface area (Å²) < 4.78 is 5.24. The molecule has 1 heterocycles. The molecular formula is C24H25NO4. The minimum atomic E-state index is -0.250. The minimum absolute atomic E-state index is 0.0410. The number of aromatic hydroxyl groups is 1. The van der Waals surface area contributed by atoms with Gasteiger partial charge >= 0.3 is 0 Å². The van der Waals surface area contributed by atoms with Crippen LogP contribution in [0, 0.1) is 5.41 Å². The highest BCUT2D eigenvalue weighted by Crippen LogP contribution is 2.48. The van der Waals surface area contributed by atoms with E-state index in [2.05, 4.69) is 13.8 Å². The van der Waals surface area contributed by atoms with Gasteiger partial charge in [-0.1, -0.05) is 26.0 Å². The molecule has 2 aromatic rings. The van der Waals surface area contributed by atoms with Gasteiger partial charge in [0.1, 0.15) is 11.5 Å². The number of hydrogen-bond acceptors (Lipinski definition) is 4. The van der Waals surface area contributed by atoms with Crippen molar-refractivity contribution in [1.82, 2.24) is 0 Å². The molecule has 1 unspecified atom stereocenters. The second-order valence-corrected chi connectivity index (χ2v) is 8.58. The summed E-state index contributed by atoms with van der Waals surface area (Å²) in [5.74, 6) is 0.699. The Balaban J connectivity index is 1.85. The molecule has 0 radical (unpaired) electrons. The summed E-state index contributed by atoms with van der Waals surface area (Å²) in [4.78, 5) is 28.2. The zero-order valence-electron chi connectivity index (χ0n) is 16.9. The molecule has 0 spiro atoms. The number of carbonyl (C=O) groups excluding carboxylic acids is 2. The van der Waals surface area contributed by atoms with Gasteiger partial charge in [0.25, 0.3) is 0 Å². The Labute approximate surface area is 170 Å². The van der Waals surface area contributed by atoms with Crippen molar-refractivity contribution in [3.8, 4) is 11.5 Å². The summed E-state index contributed by atoms with van der Waals surface area (Å²) in [5.41, 5.74) is 2.94. The van der Waals surface area contributed by atoms with Crippen LogP contribution in [0.3, 0.4) is 0 Å². The van der Waals surface area contributed by atoms with Crippen LogP contribution in [0.25, 0.3) is 0 Å². The van der Waals surface area contributed by atoms with Gasteiger partial charge in [-0.25, -0.2) is 0 Å². The second kappa shape index (κ2) is 7.07. The highest BCUT2D eigenvalue weighted by Gasteiger charge is 2.44. The summed E-state index contributed by atoms with van der Waals surface area (Å²) in [6.45, 7) is 4.12. The van der Waals surface area contributed by atoms with Crippen molar-refractivity contribution in [2.45, 2.75) is 39.0 Å². The van der Waals surface area contributed by atoms with E-state index in [-0.39, 0.29) is 35.2 Å². The monoisotopic (exact) mass is 391 g/mol. The highest BCUT2D eigenvalue weighted by atomic mass is 16.5. The van der Waals surface area contributed by atoms with Crippen LogP contribution in [-0.2, 0) is 9.59 Å². The number of ether oxygens (including phenoxy) is 1. The predicted molar refractivity (Wildman–Crippen MR) is 111 cm³/mol. The lowest BCUT2D eigenvalue weighted by Crippen LogP contribution is -2.43. The summed E-state index contributed by atoms with van der Waals surface area (Å²) in [7, 11) is 1.61. The maximum atomic E-state index is 13.3. The zero-order valence-corrected chi connectivity index (χ0v) is 16.9. The van der Waals surface area contributed by atoms with Gasteiger partial charge in [0.2, 0.25) is 5.91 Å². The van der Waals surface area contributed by atoms with E-state index in [4.69, 9.17) is 4.74 Å². The third-order valence-electron chi connectivity index (χ3n) is 5.77. The Morgan fingerprint density at radius 2 is 1.66 bits per heavy atom. The van der Waals surface area contributed by atoms with Crippen LogP contribution in [-0.4, -0.2) is 23.9 Å². The quantitative estimate of drug-likeness (QED) is 0.833. The van der Waals surface area contributed by atoms with E-state index in [9.17, 15) is 14.7 Å². The molecule has 29 heavy (non-hydrogen) atoms. The van der Waals surface area contributed by atoms with Crippen molar-refractivity contribution in [2.75, 3.05) is 12.0 Å². The average Bonchev–Trinajstić information content (AvgIpc) is 2.67. The molecule has 1 atom stereocenters. The molecule has 2 aliphatic rings. The van der Waals surface area contributed by atoms with Gasteiger partial charge in [0.05, 0.1) is 7.11 Å². The Morgan fingerprint density at radius 3 is 2.28 bits per heavy atom. The number of hydrogen-bond donors (Lipinski definition) is 1. The molecule has 2 aromatic carbocycles. The molecular weight excluding hydrogens is 366 g/mol. The fourth-order valence-electron chi connectivity index (χ4n) is 4.44. The van der Waals surface area contributed by atoms with Gasteiger partial charge < -0.3 is 9.84 Å². The highest BCUT2D eigenvalue weighted by molar-refractivity contribution is 6.07. The van der Waals surface area contributed by atoms with E-state index in [0.29, 0.717) is 18.5 Å². The van der Waals surface area contributed by atoms with E-state index in [1.54, 1.807) is 36.3 Å². The number of phenols is 1. The van der Waals surface area contributed by atoms with Gasteiger partial charge in [-0.3, -0.25) is 14.5 Å². The van der Waals surface area contributed by atoms with E-state index < -0.39 is 0 Å². The first kappa shape index (κ1) is 19.2. The number of nitrogens with zero attached hydrogens (tertiary/aromatic N) is 1. The summed E-state index contributed by atoms with van der Waals surface area (Å²) in [6.07, 6.45) is 1.35. The molecule has 5 nitrogen and oxygen atoms in total. The smallest absolute Gasteiger partial charge is 0.232 e. The first-order chi connectivity index (χ1) is 13.8. The fraction of sp³-hybridized carbons (Fsp3) is 0.333. The van der Waals surface area contributed by atoms with E-state index in [0.717, 1.165) is 22.6 Å². The van der Waals surface area contributed by atoms with Crippen molar-refractivity contribution in [3.63, 3.8) is 0 Å². The second-order valence-electron chi connectivity index (χ2n) is 8.58. The first-order valence-corrected chi connectivity index (χ1v) is 9.81. The lowest BCUT2D eigenvalue weighted by atomic mass is 9.69. The standard InChI is InChI=1S/C24H25NO4/c1-24(2)13-20-23(21(27)14-24)19(15-4-10-18(29-3)11-5-15)12-22(28)25(20)16-6-8-17(26)9-7-16/h4-11,19,26H,12-14H2,1-3H3. The lowest BCUT2D eigenvalue weighted by molar-refractivity contribution is -0.121. The largest absolute Gasteiger partial charge is 0.508 e. The van der Waals surface area contributed by atoms with Crippen LogP contribution < -0.4 is 9.64 Å². The Morgan fingerprint density at radius 1 is 1.00 bits per heavy atom. The van der Waals surface area contributed by atoms with Crippen molar-refractivity contribution >= 4 is 17.4 Å². The Hall–Kier alpha value is -3.08. The van der Waals surface area contributed by atoms with Gasteiger partial charge in [0.15, 0.2) is 5.78 Å². The molecule has 0 aromatic heterocycles. The number of allylic oxidation sites excluding steroid dienone is 2. The molecule has 0 bridgehead atoms. The van der Waals surface area contributed by atoms with E-state index in [1.165, 1.54) is 0 Å². The molecule has 1 amide bonds. The number of benzene rings is 2. The predicted octanol–water partition coefficient (Wildman–Crippen LogP) is 4.56. The van der Waals surface area contributed by atoms with Gasteiger partial charge in [-0.2, -0.15) is 0 Å². The number of amides is 1. The molecule has 1 aliphatic carbocycles. The maximum Gasteiger partial charge on any atom is 0.232 e. The van der Waals surface area contributed by atoms with Gasteiger partial charge in [-0.15, -0.1) is 0 Å². The van der Waals surface area contributed by atoms with E-state index in [1.807, 2.05) is 24.3 Å². The Kier molecular flexibility index (Phi) is 4.69. The van der Waals surface area contributed by atoms with Gasteiger partial charge in [0, 0.05) is 35.7 Å². The SMILES string of the molecule is COc1ccc(C2CC(=O)N(c3ccc(O)cc3)C3=C2C(=O)CC(C)(C)C3)cc1. The molecule has 0 saturated heterocycles. The minimum Gasteiger partial charge on any atom is -0.508 e. The molecule has 0 fully saturated rings. The van der Waals surface area contributed by atoms with Crippen LogP contribution in [0.15, 0.2) is 59.8 Å². The molecule has 0 saturated carbocycles. The molecule has 4 rings (SSSR count). The first-order valence-electron chi connectivity index (χ1n) is 9.81. The normalized spacial score (nSPS) is 21.2. The van der Waals surface area contributed by atoms with Crippen LogP contribution in [0.1, 0.15) is 44.6 Å². The number of carbonyl (C=O) groups is 2. The fourth-order valence-corrected chi connectivity index (χ4v) is 4.44. The molecule has 1 aliphatic heterocycles. The molecule has 1 N–H and O–H groups in total. The zero-order chi connectivity index (χ0) is 20.8. The van der Waals surface area contributed by atoms with Crippen LogP contribution in [0.5, 0.6) is 11.5 Å². The number of ketones is 1. The number of anilines is 1. The van der Waals surface area contributed by atoms with Crippen LogP contribution >= 0.6 is 0 Å². The molecule has 150 valence electrons. The lowest BCUT2D eigenvalue weighted by Gasteiger charge is -2.43. The van der Waals surface area contributed by atoms with E-state index >= 15 is 0 Å². The van der Waals surface area contributed by atoms with Crippen molar-refractivity contribution in [2.24, 2.45) is 5.41 Å². The topological polar surface area (TPSA) is 66.8 Å². The number of Topliss-reactive ketones (excluding diaryl/α,β-unsaturated/α-hetero) is 1. The maximum absolute atomic E-state index is 13.3. The summed E-state index contributed by atoms with van der Waals surface area (Å²) in [6, 6.07) is 14.2. The van der Waals surface area contributed by atoms with Crippen molar-refractivity contribution in [1.29, 1.82) is 0 Å². The van der Waals surface area contributed by atoms with Crippen molar-refractivity contribution in [3.05, 3.63) is 65.4 Å². The van der Waals surface area contributed by atoms with Gasteiger partial charge in [-0.05, 0) is 53.8 Å². The number of rotatable bonds is 3. The summed E-state index contributed by atoms with van der Waals surface area (Å²) in [5, 5.41) is 9.63. The third-order valence-corrected chi connectivity index (χ3v) is 5.77. The Bertz CT molecular complexity index is 987. The third kappa shape index (κ3) is 3.53. The molecule has 5 heteroatoms. The average molecular weight is 391 g/mol. The summed E-state index contributed by atoms with van der Waals surface area (Å²) >= 11 is 0.